The summed E-state index contributed by atoms with van der Waals surface area (Å²) in [6.07, 6.45) is 4.45. The molecule has 0 saturated heterocycles. The number of amides is 1. The van der Waals surface area contributed by atoms with Crippen molar-refractivity contribution < 1.29 is 9.72 Å². The lowest BCUT2D eigenvalue weighted by molar-refractivity contribution is -0.387. The molecule has 2 heterocycles. The quantitative estimate of drug-likeness (QED) is 0.447. The van der Waals surface area contributed by atoms with Crippen LogP contribution in [0.15, 0.2) is 46.2 Å². The van der Waals surface area contributed by atoms with Crippen molar-refractivity contribution in [2.45, 2.75) is 16.5 Å². The summed E-state index contributed by atoms with van der Waals surface area (Å²) in [6, 6.07) is 4.44. The van der Waals surface area contributed by atoms with Gasteiger partial charge < -0.3 is 15.2 Å². The average Bonchev–Trinajstić information content (AvgIpc) is 3.05. The van der Waals surface area contributed by atoms with Gasteiger partial charge in [0, 0.05) is 31.8 Å². The average molecular weight is 374 g/mol. The topological polar surface area (TPSA) is 115 Å². The third-order valence-electron chi connectivity index (χ3n) is 3.92. The van der Waals surface area contributed by atoms with Crippen molar-refractivity contribution in [1.82, 2.24) is 25.4 Å². The molecule has 0 bridgehead atoms. The van der Waals surface area contributed by atoms with Crippen LogP contribution in [0.5, 0.6) is 0 Å². The minimum absolute atomic E-state index is 0.133. The summed E-state index contributed by atoms with van der Waals surface area (Å²) in [5, 5.41) is 25.6. The second kappa shape index (κ2) is 8.11. The molecule has 10 heteroatoms. The van der Waals surface area contributed by atoms with Crippen LogP contribution in [0.3, 0.4) is 0 Å². The molecule has 3 rings (SSSR count). The summed E-state index contributed by atoms with van der Waals surface area (Å²) in [7, 11) is 1.76. The Morgan fingerprint density at radius 1 is 1.50 bits per heavy atom. The van der Waals surface area contributed by atoms with E-state index >= 15 is 0 Å². The van der Waals surface area contributed by atoms with Crippen LogP contribution in [-0.2, 0) is 7.05 Å². The van der Waals surface area contributed by atoms with Crippen LogP contribution in [0.4, 0.5) is 5.69 Å². The number of benzene rings is 1. The van der Waals surface area contributed by atoms with Gasteiger partial charge in [-0.1, -0.05) is 11.6 Å². The third-order valence-corrected chi connectivity index (χ3v) is 5.04. The van der Waals surface area contributed by atoms with Gasteiger partial charge in [0.1, 0.15) is 6.33 Å². The van der Waals surface area contributed by atoms with E-state index in [1.54, 1.807) is 23.7 Å². The number of nitrogens with one attached hydrogen (secondary N) is 2. The molecule has 2 N–H and O–H groups in total. The molecule has 0 spiro atoms. The molecular weight excluding hydrogens is 356 g/mol. The molecule has 1 aliphatic rings. The van der Waals surface area contributed by atoms with E-state index in [0.717, 1.165) is 36.8 Å². The number of hydrogen-bond acceptors (Lipinski definition) is 7. The highest BCUT2D eigenvalue weighted by Gasteiger charge is 2.20. The second-order valence-electron chi connectivity index (χ2n) is 5.77. The van der Waals surface area contributed by atoms with Crippen molar-refractivity contribution >= 4 is 23.4 Å². The van der Waals surface area contributed by atoms with E-state index in [4.69, 9.17) is 0 Å². The summed E-state index contributed by atoms with van der Waals surface area (Å²) in [5.41, 5.74) is 1.28. The fourth-order valence-corrected chi connectivity index (χ4v) is 3.33. The summed E-state index contributed by atoms with van der Waals surface area (Å²) in [4.78, 5) is 23.7. The van der Waals surface area contributed by atoms with E-state index in [1.165, 1.54) is 12.4 Å². The summed E-state index contributed by atoms with van der Waals surface area (Å²) in [6.45, 7) is 2.13. The minimum Gasteiger partial charge on any atom is -0.348 e. The Hall–Kier alpha value is -2.72. The molecule has 26 heavy (non-hydrogen) atoms. The zero-order valence-corrected chi connectivity index (χ0v) is 15.0. The maximum atomic E-state index is 12.3. The van der Waals surface area contributed by atoms with Gasteiger partial charge in [0.15, 0.2) is 5.16 Å². The highest BCUT2D eigenvalue weighted by atomic mass is 32.2. The Labute approximate surface area is 154 Å². The normalized spacial score (nSPS) is 14.0. The van der Waals surface area contributed by atoms with Crippen LogP contribution in [0, 0.1) is 10.1 Å². The van der Waals surface area contributed by atoms with Crippen LogP contribution in [0.1, 0.15) is 16.8 Å². The molecule has 0 saturated carbocycles. The molecule has 1 amide bonds. The van der Waals surface area contributed by atoms with Crippen molar-refractivity contribution in [2.75, 3.05) is 19.6 Å². The maximum Gasteiger partial charge on any atom is 0.284 e. The molecule has 1 aromatic heterocycles. The van der Waals surface area contributed by atoms with Gasteiger partial charge >= 0.3 is 0 Å². The van der Waals surface area contributed by atoms with Crippen molar-refractivity contribution in [1.29, 1.82) is 0 Å². The van der Waals surface area contributed by atoms with Crippen molar-refractivity contribution in [3.8, 4) is 0 Å². The molecule has 0 unspecified atom stereocenters. The lowest BCUT2D eigenvalue weighted by atomic mass is 10.1. The van der Waals surface area contributed by atoms with E-state index in [2.05, 4.69) is 20.8 Å². The van der Waals surface area contributed by atoms with Gasteiger partial charge in [0.25, 0.3) is 11.6 Å². The Morgan fingerprint density at radius 2 is 2.35 bits per heavy atom. The number of aryl methyl sites for hydroxylation is 1. The van der Waals surface area contributed by atoms with Gasteiger partial charge in [0.05, 0.1) is 9.82 Å². The van der Waals surface area contributed by atoms with E-state index in [0.29, 0.717) is 16.6 Å². The first-order chi connectivity index (χ1) is 12.5. The van der Waals surface area contributed by atoms with Crippen LogP contribution in [-0.4, -0.2) is 45.2 Å². The molecule has 136 valence electrons. The smallest absolute Gasteiger partial charge is 0.284 e. The van der Waals surface area contributed by atoms with Gasteiger partial charge in [-0.3, -0.25) is 14.9 Å². The predicted molar refractivity (Wildman–Crippen MR) is 96.1 cm³/mol. The lowest BCUT2D eigenvalue weighted by Gasteiger charge is -2.14. The molecule has 0 aliphatic carbocycles. The largest absolute Gasteiger partial charge is 0.348 e. The van der Waals surface area contributed by atoms with Crippen molar-refractivity contribution in [3.63, 3.8) is 0 Å². The van der Waals surface area contributed by atoms with Gasteiger partial charge in [-0.15, -0.1) is 10.2 Å². The summed E-state index contributed by atoms with van der Waals surface area (Å²) >= 11 is 1.13. The number of nitro benzene ring substituents is 1. The van der Waals surface area contributed by atoms with E-state index < -0.39 is 4.92 Å². The Bertz CT molecular complexity index is 863. The number of rotatable bonds is 6. The van der Waals surface area contributed by atoms with Crippen molar-refractivity contribution in [2.24, 2.45) is 7.05 Å². The number of nitro groups is 1. The maximum absolute atomic E-state index is 12.3. The Morgan fingerprint density at radius 3 is 3.00 bits per heavy atom. The monoisotopic (exact) mass is 374 g/mol. The fourth-order valence-electron chi connectivity index (χ4n) is 2.48. The molecule has 0 radical (unpaired) electrons. The second-order valence-corrected chi connectivity index (χ2v) is 6.77. The first-order valence-electron chi connectivity index (χ1n) is 8.01. The first-order valence-corrected chi connectivity index (χ1v) is 8.83. The predicted octanol–water partition coefficient (Wildman–Crippen LogP) is 1.52. The van der Waals surface area contributed by atoms with E-state index in [-0.39, 0.29) is 17.2 Å². The lowest BCUT2D eigenvalue weighted by Crippen LogP contribution is -2.29. The number of carbonyl (C=O) groups excluding carboxylic acids is 1. The summed E-state index contributed by atoms with van der Waals surface area (Å²) in [5.74, 6) is -0.331. The minimum atomic E-state index is -0.495. The van der Waals surface area contributed by atoms with Crippen LogP contribution in [0.25, 0.3) is 0 Å². The zero-order chi connectivity index (χ0) is 18.5. The first kappa shape index (κ1) is 18.1. The number of aromatic nitrogens is 3. The third kappa shape index (κ3) is 4.27. The molecule has 1 aromatic carbocycles. The van der Waals surface area contributed by atoms with E-state index in [1.807, 2.05) is 6.08 Å². The van der Waals surface area contributed by atoms with E-state index in [9.17, 15) is 14.9 Å². The van der Waals surface area contributed by atoms with Crippen LogP contribution in [0.2, 0.25) is 0 Å². The number of nitrogens with zero attached hydrogens (tertiary/aromatic N) is 4. The summed E-state index contributed by atoms with van der Waals surface area (Å²) < 4.78 is 1.67. The standard InChI is InChI=1S/C16H18N6O3S/c1-21-10-19-20-16(21)26-14-3-2-12(8-13(14)22(24)25)15(23)18-9-11-4-6-17-7-5-11/h2-4,8,10,17H,5-7,9H2,1H3,(H,18,23). The molecule has 0 fully saturated rings. The van der Waals surface area contributed by atoms with Crippen molar-refractivity contribution in [3.05, 3.63) is 51.9 Å². The highest BCUT2D eigenvalue weighted by Crippen LogP contribution is 2.34. The highest BCUT2D eigenvalue weighted by molar-refractivity contribution is 7.99. The van der Waals surface area contributed by atoms with Gasteiger partial charge in [-0.25, -0.2) is 0 Å². The molecular formula is C16H18N6O3S. The molecule has 2 aromatic rings. The van der Waals surface area contributed by atoms with Crippen LogP contribution < -0.4 is 10.6 Å². The number of carbonyl (C=O) groups is 1. The molecule has 1 aliphatic heterocycles. The van der Waals surface area contributed by atoms with Gasteiger partial charge in [-0.05, 0) is 36.9 Å². The van der Waals surface area contributed by atoms with Gasteiger partial charge in [0.2, 0.25) is 0 Å². The Kier molecular flexibility index (Phi) is 5.64. The van der Waals surface area contributed by atoms with Gasteiger partial charge in [-0.2, -0.15) is 0 Å². The number of hydrogen-bond donors (Lipinski definition) is 2. The fraction of sp³-hybridized carbons (Fsp3) is 0.312. The zero-order valence-electron chi connectivity index (χ0n) is 14.1. The molecule has 9 nitrogen and oxygen atoms in total. The molecule has 0 atom stereocenters. The Balaban J connectivity index is 1.75. The SMILES string of the molecule is Cn1cnnc1Sc1ccc(C(=O)NCC2=CCNCC2)cc1[N+](=O)[O-]. The van der Waals surface area contributed by atoms with Crippen LogP contribution >= 0.6 is 11.8 Å².